The van der Waals surface area contributed by atoms with Crippen molar-refractivity contribution in [1.82, 2.24) is 4.72 Å². The second kappa shape index (κ2) is 9.95. The van der Waals surface area contributed by atoms with Crippen molar-refractivity contribution in [2.24, 2.45) is 5.41 Å². The lowest BCUT2D eigenvalue weighted by Crippen LogP contribution is -2.35. The molecule has 1 aliphatic heterocycles. The van der Waals surface area contributed by atoms with Gasteiger partial charge in [0.2, 0.25) is 0 Å². The van der Waals surface area contributed by atoms with Gasteiger partial charge >= 0.3 is 0 Å². The van der Waals surface area contributed by atoms with Crippen LogP contribution in [0.3, 0.4) is 0 Å². The fraction of sp³-hybridized carbons (Fsp3) is 0.500. The highest BCUT2D eigenvalue weighted by Gasteiger charge is 2.44. The van der Waals surface area contributed by atoms with Gasteiger partial charge in [0.15, 0.2) is 0 Å². The smallest absolute Gasteiger partial charge is 0.257 e. The van der Waals surface area contributed by atoms with Crippen molar-refractivity contribution in [3.8, 4) is 0 Å². The summed E-state index contributed by atoms with van der Waals surface area (Å²) in [6.45, 7) is 8.89. The van der Waals surface area contributed by atoms with Gasteiger partial charge in [0.05, 0.1) is 17.9 Å². The molecule has 1 heterocycles. The van der Waals surface area contributed by atoms with Crippen molar-refractivity contribution in [3.05, 3.63) is 48.0 Å². The summed E-state index contributed by atoms with van der Waals surface area (Å²) in [6, 6.07) is 13.8. The summed E-state index contributed by atoms with van der Waals surface area (Å²) < 4.78 is 3.41. The quantitative estimate of drug-likeness (QED) is 0.403. The van der Waals surface area contributed by atoms with Crippen LogP contribution in [-0.2, 0) is 0 Å². The summed E-state index contributed by atoms with van der Waals surface area (Å²) in [4.78, 5) is 16.8. The molecular weight excluding hydrogens is 432 g/mol. The van der Waals surface area contributed by atoms with E-state index in [0.717, 1.165) is 35.0 Å². The first-order chi connectivity index (χ1) is 15.8. The lowest BCUT2D eigenvalue weighted by Gasteiger charge is -2.35. The van der Waals surface area contributed by atoms with Gasteiger partial charge in [-0.1, -0.05) is 6.07 Å². The minimum atomic E-state index is -0.101. The number of anilines is 3. The number of hydrogen-bond acceptors (Lipinski definition) is 6. The molecule has 2 fully saturated rings. The van der Waals surface area contributed by atoms with Crippen molar-refractivity contribution < 1.29 is 9.90 Å². The highest BCUT2D eigenvalue weighted by Crippen LogP contribution is 2.54. The molecule has 6 nitrogen and oxygen atoms in total. The number of carbonyl (C=O) groups excluding carboxylic acids is 1. The van der Waals surface area contributed by atoms with Crippen LogP contribution in [0, 0.1) is 5.41 Å². The Balaban J connectivity index is 1.51. The molecule has 7 heteroatoms. The van der Waals surface area contributed by atoms with Gasteiger partial charge in [-0.3, -0.25) is 9.52 Å². The number of rotatable bonds is 8. The van der Waals surface area contributed by atoms with Gasteiger partial charge in [-0.25, -0.2) is 0 Å². The second-order valence-corrected chi connectivity index (χ2v) is 11.2. The third-order valence-corrected chi connectivity index (χ3v) is 7.58. The van der Waals surface area contributed by atoms with E-state index in [2.05, 4.69) is 47.1 Å². The Bertz CT molecular complexity index is 974. The minimum Gasteiger partial charge on any atom is -0.395 e. The molecule has 4 N–H and O–H groups in total. The molecule has 2 aromatic carbocycles. The molecule has 0 atom stereocenters. The molecule has 1 saturated heterocycles. The number of aliphatic hydroxyl groups excluding tert-OH is 1. The topological polar surface area (TPSA) is 76.6 Å². The Hall–Kier alpha value is -2.22. The summed E-state index contributed by atoms with van der Waals surface area (Å²) in [5.41, 5.74) is 3.93. The summed E-state index contributed by atoms with van der Waals surface area (Å²) in [7, 11) is 0. The van der Waals surface area contributed by atoms with Gasteiger partial charge in [-0.05, 0) is 100 Å². The molecule has 1 saturated carbocycles. The van der Waals surface area contributed by atoms with Crippen LogP contribution in [0.25, 0.3) is 0 Å². The number of nitrogens with one attached hydrogen (secondary N) is 3. The van der Waals surface area contributed by atoms with E-state index >= 15 is 0 Å². The average molecular weight is 469 g/mol. The van der Waals surface area contributed by atoms with E-state index in [9.17, 15) is 9.90 Å². The third kappa shape index (κ3) is 6.43. The summed E-state index contributed by atoms with van der Waals surface area (Å²) >= 11 is 1.57. The normalized spacial score (nSPS) is 17.2. The van der Waals surface area contributed by atoms with E-state index in [0.29, 0.717) is 17.5 Å². The van der Waals surface area contributed by atoms with Crippen LogP contribution in [0.4, 0.5) is 17.1 Å². The first-order valence-electron chi connectivity index (χ1n) is 11.9. The van der Waals surface area contributed by atoms with Gasteiger partial charge < -0.3 is 20.6 Å². The first-order valence-corrected chi connectivity index (χ1v) is 12.7. The first kappa shape index (κ1) is 23.9. The molecule has 0 unspecified atom stereocenters. The molecule has 0 radical (unpaired) electrons. The molecule has 178 valence electrons. The fourth-order valence-electron chi connectivity index (χ4n) is 4.24. The number of aliphatic hydroxyl groups is 1. The fourth-order valence-corrected chi connectivity index (χ4v) is 5.00. The van der Waals surface area contributed by atoms with E-state index in [1.165, 1.54) is 25.7 Å². The standard InChI is InChI=1S/C26H36N4O2S/c1-25(2,3)29-33-21-6-4-5-20(17-21)28-24(32)22-8-7-19(27-13-16-31)18-23(22)30-14-11-26(9-10-26)12-15-30/h4-8,17-18,27,29,31H,9-16H2,1-3H3,(H,28,32). The largest absolute Gasteiger partial charge is 0.395 e. The van der Waals surface area contributed by atoms with E-state index in [-0.39, 0.29) is 18.1 Å². The van der Waals surface area contributed by atoms with E-state index in [4.69, 9.17) is 0 Å². The van der Waals surface area contributed by atoms with E-state index in [1.807, 2.05) is 36.4 Å². The molecule has 2 aliphatic rings. The minimum absolute atomic E-state index is 0.00187. The van der Waals surface area contributed by atoms with Crippen LogP contribution in [0.15, 0.2) is 47.4 Å². The molecule has 1 aliphatic carbocycles. The number of hydrogen-bond donors (Lipinski definition) is 4. The zero-order valence-electron chi connectivity index (χ0n) is 19.9. The lowest BCUT2D eigenvalue weighted by atomic mass is 9.93. The van der Waals surface area contributed by atoms with Crippen molar-refractivity contribution in [2.75, 3.05) is 41.8 Å². The maximum atomic E-state index is 13.4. The monoisotopic (exact) mass is 468 g/mol. The molecule has 4 rings (SSSR count). The van der Waals surface area contributed by atoms with Crippen LogP contribution in [0.5, 0.6) is 0 Å². The van der Waals surface area contributed by atoms with Crippen LogP contribution >= 0.6 is 11.9 Å². The molecule has 1 spiro atoms. The summed E-state index contributed by atoms with van der Waals surface area (Å²) in [5.74, 6) is -0.101. The number of piperidine rings is 1. The zero-order chi connectivity index (χ0) is 23.5. The summed E-state index contributed by atoms with van der Waals surface area (Å²) in [6.07, 6.45) is 5.10. The molecule has 2 aromatic rings. The number of benzene rings is 2. The second-order valence-electron chi connectivity index (χ2n) is 10.3. The van der Waals surface area contributed by atoms with Gasteiger partial charge in [-0.2, -0.15) is 0 Å². The van der Waals surface area contributed by atoms with Crippen LogP contribution in [0.1, 0.15) is 56.8 Å². The van der Waals surface area contributed by atoms with Crippen molar-refractivity contribution in [2.45, 2.75) is 56.9 Å². The SMILES string of the molecule is CC(C)(C)NSc1cccc(NC(=O)c2ccc(NCCO)cc2N2CCC3(CC2)CC3)c1. The highest BCUT2D eigenvalue weighted by atomic mass is 32.2. The Morgan fingerprint density at radius 3 is 2.48 bits per heavy atom. The molecular formula is C26H36N4O2S. The van der Waals surface area contributed by atoms with Crippen LogP contribution < -0.4 is 20.3 Å². The molecule has 1 amide bonds. The van der Waals surface area contributed by atoms with Gasteiger partial charge in [-0.15, -0.1) is 0 Å². The van der Waals surface area contributed by atoms with Crippen molar-refractivity contribution in [1.29, 1.82) is 0 Å². The molecule has 33 heavy (non-hydrogen) atoms. The van der Waals surface area contributed by atoms with Crippen LogP contribution in [-0.4, -0.2) is 42.8 Å². The Morgan fingerprint density at radius 1 is 1.06 bits per heavy atom. The highest BCUT2D eigenvalue weighted by molar-refractivity contribution is 7.97. The lowest BCUT2D eigenvalue weighted by molar-refractivity contribution is 0.102. The maximum Gasteiger partial charge on any atom is 0.257 e. The van der Waals surface area contributed by atoms with Gasteiger partial charge in [0.1, 0.15) is 0 Å². The van der Waals surface area contributed by atoms with Crippen LogP contribution in [0.2, 0.25) is 0 Å². The van der Waals surface area contributed by atoms with Gasteiger partial charge in [0.25, 0.3) is 5.91 Å². The van der Waals surface area contributed by atoms with Gasteiger partial charge in [0, 0.05) is 41.4 Å². The maximum absolute atomic E-state index is 13.4. The number of carbonyl (C=O) groups is 1. The zero-order valence-corrected chi connectivity index (χ0v) is 20.7. The van der Waals surface area contributed by atoms with Crippen molar-refractivity contribution >= 4 is 34.9 Å². The molecule has 0 aromatic heterocycles. The predicted octanol–water partition coefficient (Wildman–Crippen LogP) is 5.12. The Morgan fingerprint density at radius 2 is 1.82 bits per heavy atom. The molecule has 0 bridgehead atoms. The number of amides is 1. The summed E-state index contributed by atoms with van der Waals surface area (Å²) in [5, 5.41) is 15.5. The predicted molar refractivity (Wildman–Crippen MR) is 138 cm³/mol. The third-order valence-electron chi connectivity index (χ3n) is 6.37. The van der Waals surface area contributed by atoms with E-state index in [1.54, 1.807) is 11.9 Å². The Labute approximate surface area is 201 Å². The Kier molecular flexibility index (Phi) is 7.22. The average Bonchev–Trinajstić information content (AvgIpc) is 3.55. The van der Waals surface area contributed by atoms with Crippen molar-refractivity contribution in [3.63, 3.8) is 0 Å². The number of nitrogens with zero attached hydrogens (tertiary/aromatic N) is 1. The van der Waals surface area contributed by atoms with E-state index < -0.39 is 0 Å².